The van der Waals surface area contributed by atoms with Crippen molar-refractivity contribution in [3.05, 3.63) is 42.2 Å². The van der Waals surface area contributed by atoms with E-state index in [0.717, 1.165) is 5.56 Å². The SMILES string of the molecule is CC(C)N(C(=O)CSc1ccc2nnc(-c3ccc(F)cc3)n2n1)C(C)C. The van der Waals surface area contributed by atoms with Crippen molar-refractivity contribution in [3.8, 4) is 11.4 Å². The highest BCUT2D eigenvalue weighted by Crippen LogP contribution is 2.21. The molecule has 0 N–H and O–H groups in total. The highest BCUT2D eigenvalue weighted by molar-refractivity contribution is 7.99. The maximum atomic E-state index is 13.2. The van der Waals surface area contributed by atoms with Crippen LogP contribution in [0.1, 0.15) is 27.7 Å². The van der Waals surface area contributed by atoms with Crippen LogP contribution in [0.5, 0.6) is 0 Å². The largest absolute Gasteiger partial charge is 0.337 e. The van der Waals surface area contributed by atoms with Gasteiger partial charge >= 0.3 is 0 Å². The van der Waals surface area contributed by atoms with Crippen molar-refractivity contribution in [2.45, 2.75) is 44.8 Å². The Balaban J connectivity index is 1.81. The number of hydrogen-bond acceptors (Lipinski definition) is 5. The Morgan fingerprint density at radius 3 is 2.37 bits per heavy atom. The van der Waals surface area contributed by atoms with Gasteiger partial charge in [-0.3, -0.25) is 4.79 Å². The van der Waals surface area contributed by atoms with Crippen molar-refractivity contribution in [2.75, 3.05) is 5.75 Å². The van der Waals surface area contributed by atoms with E-state index in [1.807, 2.05) is 44.7 Å². The molecule has 0 unspecified atom stereocenters. The molecule has 27 heavy (non-hydrogen) atoms. The topological polar surface area (TPSA) is 63.4 Å². The first kappa shape index (κ1) is 19.3. The Kier molecular flexibility index (Phi) is 5.74. The van der Waals surface area contributed by atoms with E-state index in [1.165, 1.54) is 23.9 Å². The molecule has 0 saturated heterocycles. The summed E-state index contributed by atoms with van der Waals surface area (Å²) in [6.07, 6.45) is 0. The molecule has 0 spiro atoms. The van der Waals surface area contributed by atoms with Crippen molar-refractivity contribution in [2.24, 2.45) is 0 Å². The first-order chi connectivity index (χ1) is 12.9. The van der Waals surface area contributed by atoms with Gasteiger partial charge in [-0.05, 0) is 64.1 Å². The molecule has 6 nitrogen and oxygen atoms in total. The van der Waals surface area contributed by atoms with Gasteiger partial charge in [-0.2, -0.15) is 9.61 Å². The summed E-state index contributed by atoms with van der Waals surface area (Å²) in [6, 6.07) is 9.96. The van der Waals surface area contributed by atoms with Crippen LogP contribution in [0.2, 0.25) is 0 Å². The van der Waals surface area contributed by atoms with Crippen LogP contribution in [0.4, 0.5) is 4.39 Å². The molecule has 1 aromatic carbocycles. The number of rotatable bonds is 6. The normalized spacial score (nSPS) is 11.5. The molecule has 0 bridgehead atoms. The average Bonchev–Trinajstić information content (AvgIpc) is 3.03. The van der Waals surface area contributed by atoms with Crippen molar-refractivity contribution >= 4 is 23.3 Å². The fraction of sp³-hybridized carbons (Fsp3) is 0.368. The highest BCUT2D eigenvalue weighted by atomic mass is 32.2. The third-order valence-corrected chi connectivity index (χ3v) is 4.99. The van der Waals surface area contributed by atoms with E-state index in [2.05, 4.69) is 15.3 Å². The molecular formula is C19H22FN5OS. The summed E-state index contributed by atoms with van der Waals surface area (Å²) < 4.78 is 14.8. The van der Waals surface area contributed by atoms with E-state index in [9.17, 15) is 9.18 Å². The van der Waals surface area contributed by atoms with E-state index in [4.69, 9.17) is 0 Å². The number of benzene rings is 1. The summed E-state index contributed by atoms with van der Waals surface area (Å²) >= 11 is 1.38. The zero-order valence-electron chi connectivity index (χ0n) is 15.8. The number of carbonyl (C=O) groups is 1. The minimum atomic E-state index is -0.310. The molecule has 142 valence electrons. The molecule has 1 amide bonds. The van der Waals surface area contributed by atoms with E-state index < -0.39 is 0 Å². The summed E-state index contributed by atoms with van der Waals surface area (Å²) in [7, 11) is 0. The molecule has 0 saturated carbocycles. The van der Waals surface area contributed by atoms with Crippen LogP contribution >= 0.6 is 11.8 Å². The van der Waals surface area contributed by atoms with Crippen LogP contribution in [0.3, 0.4) is 0 Å². The lowest BCUT2D eigenvalue weighted by molar-refractivity contribution is -0.131. The Morgan fingerprint density at radius 2 is 1.74 bits per heavy atom. The minimum absolute atomic E-state index is 0.0782. The van der Waals surface area contributed by atoms with E-state index in [0.29, 0.717) is 22.3 Å². The fourth-order valence-corrected chi connectivity index (χ4v) is 3.73. The van der Waals surface area contributed by atoms with Crippen LogP contribution in [0.25, 0.3) is 17.0 Å². The number of aromatic nitrogens is 4. The van der Waals surface area contributed by atoms with Gasteiger partial charge in [0.1, 0.15) is 10.8 Å². The molecule has 2 aromatic heterocycles. The smallest absolute Gasteiger partial charge is 0.233 e. The molecule has 0 atom stereocenters. The maximum Gasteiger partial charge on any atom is 0.233 e. The van der Waals surface area contributed by atoms with E-state index in [-0.39, 0.29) is 23.8 Å². The van der Waals surface area contributed by atoms with Crippen LogP contribution in [-0.2, 0) is 4.79 Å². The standard InChI is InChI=1S/C19H22FN5OS/c1-12(2)24(13(3)4)18(26)11-27-17-10-9-16-21-22-19(25(16)23-17)14-5-7-15(20)8-6-14/h5-10,12-13H,11H2,1-4H3. The van der Waals surface area contributed by atoms with E-state index in [1.54, 1.807) is 16.6 Å². The van der Waals surface area contributed by atoms with Gasteiger partial charge in [0.2, 0.25) is 5.91 Å². The first-order valence-electron chi connectivity index (χ1n) is 8.79. The second kappa shape index (κ2) is 8.04. The van der Waals surface area contributed by atoms with Gasteiger partial charge in [0.15, 0.2) is 11.5 Å². The molecule has 8 heteroatoms. The highest BCUT2D eigenvalue weighted by Gasteiger charge is 2.20. The number of hydrogen-bond donors (Lipinski definition) is 0. The maximum absolute atomic E-state index is 13.2. The van der Waals surface area contributed by atoms with Gasteiger partial charge < -0.3 is 4.90 Å². The molecular weight excluding hydrogens is 365 g/mol. The van der Waals surface area contributed by atoms with Gasteiger partial charge in [-0.15, -0.1) is 10.2 Å². The number of halogens is 1. The van der Waals surface area contributed by atoms with Gasteiger partial charge in [0, 0.05) is 17.6 Å². The third-order valence-electron chi connectivity index (χ3n) is 4.08. The number of nitrogens with zero attached hydrogens (tertiary/aromatic N) is 5. The lowest BCUT2D eigenvalue weighted by Crippen LogP contribution is -2.43. The number of amides is 1. The van der Waals surface area contributed by atoms with Crippen LogP contribution in [-0.4, -0.2) is 48.5 Å². The van der Waals surface area contributed by atoms with Crippen molar-refractivity contribution < 1.29 is 9.18 Å². The van der Waals surface area contributed by atoms with Gasteiger partial charge in [-0.25, -0.2) is 4.39 Å². The molecule has 3 rings (SSSR count). The summed E-state index contributed by atoms with van der Waals surface area (Å²) in [5.74, 6) is 0.609. The molecule has 0 fully saturated rings. The summed E-state index contributed by atoms with van der Waals surface area (Å²) in [4.78, 5) is 14.4. The first-order valence-corrected chi connectivity index (χ1v) is 9.77. The molecule has 2 heterocycles. The minimum Gasteiger partial charge on any atom is -0.337 e. The second-order valence-electron chi connectivity index (χ2n) is 6.75. The van der Waals surface area contributed by atoms with Gasteiger partial charge in [0.25, 0.3) is 0 Å². The Labute approximate surface area is 161 Å². The van der Waals surface area contributed by atoms with Crippen molar-refractivity contribution in [1.29, 1.82) is 0 Å². The monoisotopic (exact) mass is 387 g/mol. The Hall–Kier alpha value is -2.48. The number of carbonyl (C=O) groups excluding carboxylic acids is 1. The lowest BCUT2D eigenvalue weighted by atomic mass is 10.2. The predicted octanol–water partition coefficient (Wildman–Crippen LogP) is 3.67. The summed E-state index contributed by atoms with van der Waals surface area (Å²) in [6.45, 7) is 8.05. The number of thioether (sulfide) groups is 1. The Bertz CT molecular complexity index is 931. The second-order valence-corrected chi connectivity index (χ2v) is 7.74. The molecule has 0 radical (unpaired) electrons. The summed E-state index contributed by atoms with van der Waals surface area (Å²) in [5, 5.41) is 13.5. The van der Waals surface area contributed by atoms with Crippen molar-refractivity contribution in [1.82, 2.24) is 24.7 Å². The van der Waals surface area contributed by atoms with Gasteiger partial charge in [-0.1, -0.05) is 11.8 Å². The zero-order valence-corrected chi connectivity index (χ0v) is 16.6. The van der Waals surface area contributed by atoms with Crippen LogP contribution in [0, 0.1) is 5.82 Å². The van der Waals surface area contributed by atoms with Gasteiger partial charge in [0.05, 0.1) is 5.75 Å². The fourth-order valence-electron chi connectivity index (χ4n) is 3.01. The predicted molar refractivity (Wildman–Crippen MR) is 104 cm³/mol. The van der Waals surface area contributed by atoms with Crippen molar-refractivity contribution in [3.63, 3.8) is 0 Å². The zero-order chi connectivity index (χ0) is 19.6. The van der Waals surface area contributed by atoms with Crippen LogP contribution in [0.15, 0.2) is 41.4 Å². The molecule has 0 aliphatic carbocycles. The van der Waals surface area contributed by atoms with Crippen LogP contribution < -0.4 is 0 Å². The third kappa shape index (κ3) is 4.27. The number of fused-ring (bicyclic) bond motifs is 1. The Morgan fingerprint density at radius 1 is 1.07 bits per heavy atom. The molecule has 0 aliphatic rings. The average molecular weight is 387 g/mol. The quantitative estimate of drug-likeness (QED) is 0.604. The lowest BCUT2D eigenvalue weighted by Gasteiger charge is -2.30. The molecule has 3 aromatic rings. The summed E-state index contributed by atoms with van der Waals surface area (Å²) in [5.41, 5.74) is 1.32. The van der Waals surface area contributed by atoms with E-state index >= 15 is 0 Å². The molecule has 0 aliphatic heterocycles.